The number of pyridine rings is 2. The highest BCUT2D eigenvalue weighted by molar-refractivity contribution is 9.10. The van der Waals surface area contributed by atoms with Crippen LogP contribution in [0.4, 0.5) is 10.5 Å². The van der Waals surface area contributed by atoms with Crippen molar-refractivity contribution in [1.82, 2.24) is 25.1 Å². The number of ether oxygens (including phenoxy) is 2. The van der Waals surface area contributed by atoms with Crippen LogP contribution in [-0.2, 0) is 9.47 Å². The molecule has 10 heteroatoms. The third-order valence-corrected chi connectivity index (χ3v) is 7.23. The molecule has 9 nitrogen and oxygen atoms in total. The minimum absolute atomic E-state index is 0.0795. The summed E-state index contributed by atoms with van der Waals surface area (Å²) in [5, 5.41) is 9.08. The van der Waals surface area contributed by atoms with Gasteiger partial charge in [0.15, 0.2) is 6.23 Å². The number of fused-ring (bicyclic) bond motifs is 1. The van der Waals surface area contributed by atoms with Gasteiger partial charge in [-0.25, -0.2) is 14.5 Å². The summed E-state index contributed by atoms with van der Waals surface area (Å²) in [6, 6.07) is 4.27. The predicted molar refractivity (Wildman–Crippen MR) is 147 cm³/mol. The van der Waals surface area contributed by atoms with E-state index in [1.807, 2.05) is 50.1 Å². The Balaban J connectivity index is 1.36. The smallest absolute Gasteiger partial charge is 0.407 e. The van der Waals surface area contributed by atoms with Crippen LogP contribution in [0.3, 0.4) is 0 Å². The van der Waals surface area contributed by atoms with Crippen molar-refractivity contribution in [3.63, 3.8) is 0 Å². The molecule has 1 amide bonds. The van der Waals surface area contributed by atoms with Gasteiger partial charge < -0.3 is 19.7 Å². The first-order valence-electron chi connectivity index (χ1n) is 13.1. The number of carbonyl (C=O) groups is 1. The summed E-state index contributed by atoms with van der Waals surface area (Å²) >= 11 is 3.53. The van der Waals surface area contributed by atoms with Crippen molar-refractivity contribution in [1.29, 1.82) is 0 Å². The molecule has 2 unspecified atom stereocenters. The van der Waals surface area contributed by atoms with Gasteiger partial charge in [0.25, 0.3) is 0 Å². The number of alkyl carbamates (subject to hydrolysis) is 1. The van der Waals surface area contributed by atoms with E-state index in [0.29, 0.717) is 0 Å². The first-order valence-corrected chi connectivity index (χ1v) is 13.9. The second-order valence-corrected chi connectivity index (χ2v) is 11.6. The number of amides is 1. The highest BCUT2D eigenvalue weighted by Gasteiger charge is 2.25. The van der Waals surface area contributed by atoms with E-state index >= 15 is 0 Å². The lowest BCUT2D eigenvalue weighted by molar-refractivity contribution is -0.0365. The lowest BCUT2D eigenvalue weighted by Gasteiger charge is -2.24. The van der Waals surface area contributed by atoms with Crippen LogP contribution in [0.1, 0.15) is 65.5 Å². The van der Waals surface area contributed by atoms with Crippen LogP contribution in [-0.4, -0.2) is 57.2 Å². The van der Waals surface area contributed by atoms with Crippen molar-refractivity contribution < 1.29 is 14.3 Å². The Morgan fingerprint density at radius 2 is 1.97 bits per heavy atom. The number of nitrogens with one attached hydrogen (secondary N) is 1. The summed E-state index contributed by atoms with van der Waals surface area (Å²) in [4.78, 5) is 23.6. The molecule has 2 fully saturated rings. The van der Waals surface area contributed by atoms with Gasteiger partial charge in [-0.2, -0.15) is 5.10 Å². The summed E-state index contributed by atoms with van der Waals surface area (Å²) in [7, 11) is 0. The number of aromatic nitrogens is 4. The van der Waals surface area contributed by atoms with Crippen LogP contribution in [0.5, 0.6) is 0 Å². The maximum Gasteiger partial charge on any atom is 0.407 e. The third-order valence-electron chi connectivity index (χ3n) is 6.80. The molecule has 5 heterocycles. The second kappa shape index (κ2) is 10.9. The number of halogens is 1. The van der Waals surface area contributed by atoms with E-state index in [1.165, 1.54) is 0 Å². The van der Waals surface area contributed by atoms with Gasteiger partial charge in [0.1, 0.15) is 15.9 Å². The average Bonchev–Trinajstić information content (AvgIpc) is 3.07. The molecule has 1 N–H and O–H groups in total. The molecule has 2 saturated heterocycles. The normalized spacial score (nSPS) is 21.0. The van der Waals surface area contributed by atoms with Crippen molar-refractivity contribution in [2.45, 2.75) is 77.2 Å². The van der Waals surface area contributed by atoms with Crippen LogP contribution in [0.25, 0.3) is 22.2 Å². The van der Waals surface area contributed by atoms with Gasteiger partial charge in [0.05, 0.1) is 23.6 Å². The average molecular weight is 572 g/mol. The fourth-order valence-corrected chi connectivity index (χ4v) is 5.39. The largest absolute Gasteiger partial charge is 0.444 e. The van der Waals surface area contributed by atoms with Crippen LogP contribution < -0.4 is 10.2 Å². The molecule has 3 aromatic heterocycles. The number of hydrogen-bond acceptors (Lipinski definition) is 7. The Bertz CT molecular complexity index is 1250. The molecule has 0 aromatic carbocycles. The van der Waals surface area contributed by atoms with Gasteiger partial charge in [0.2, 0.25) is 0 Å². The van der Waals surface area contributed by atoms with Crippen molar-refractivity contribution >= 4 is 38.6 Å². The van der Waals surface area contributed by atoms with Gasteiger partial charge >= 0.3 is 6.09 Å². The number of anilines is 1. The van der Waals surface area contributed by atoms with Crippen LogP contribution >= 0.6 is 15.9 Å². The highest BCUT2D eigenvalue weighted by Crippen LogP contribution is 2.34. The number of nitrogens with zero attached hydrogens (tertiary/aromatic N) is 5. The number of carbonyl (C=O) groups excluding carboxylic acids is 1. The molecule has 0 spiro atoms. The zero-order chi connectivity index (χ0) is 26.0. The van der Waals surface area contributed by atoms with Gasteiger partial charge in [-0.15, -0.1) is 0 Å². The van der Waals surface area contributed by atoms with E-state index in [1.54, 1.807) is 0 Å². The van der Waals surface area contributed by atoms with E-state index in [2.05, 4.69) is 42.2 Å². The van der Waals surface area contributed by atoms with Gasteiger partial charge in [0, 0.05) is 42.9 Å². The Hall–Kier alpha value is -2.72. The van der Waals surface area contributed by atoms with Crippen LogP contribution in [0, 0.1) is 0 Å². The fraction of sp³-hybridized carbons (Fsp3) is 0.556. The molecule has 37 heavy (non-hydrogen) atoms. The Morgan fingerprint density at radius 3 is 2.76 bits per heavy atom. The van der Waals surface area contributed by atoms with Gasteiger partial charge in [-0.1, -0.05) is 0 Å². The predicted octanol–water partition coefficient (Wildman–Crippen LogP) is 5.84. The molecule has 198 valence electrons. The summed E-state index contributed by atoms with van der Waals surface area (Å²) in [6.07, 6.45) is 11.1. The highest BCUT2D eigenvalue weighted by atomic mass is 79.9. The molecule has 0 aliphatic carbocycles. The summed E-state index contributed by atoms with van der Waals surface area (Å²) in [6.45, 7) is 8.12. The maximum atomic E-state index is 12.3. The Morgan fingerprint density at radius 1 is 1.11 bits per heavy atom. The lowest BCUT2D eigenvalue weighted by atomic mass is 10.1. The summed E-state index contributed by atoms with van der Waals surface area (Å²) in [5.74, 6) is 0. The molecular weight excluding hydrogens is 536 g/mol. The van der Waals surface area contributed by atoms with E-state index in [-0.39, 0.29) is 18.4 Å². The van der Waals surface area contributed by atoms with Crippen molar-refractivity contribution in [3.05, 3.63) is 35.3 Å². The molecule has 0 radical (unpaired) electrons. The molecule has 0 saturated carbocycles. The van der Waals surface area contributed by atoms with Crippen molar-refractivity contribution in [3.8, 4) is 11.3 Å². The summed E-state index contributed by atoms with van der Waals surface area (Å²) in [5.41, 5.74) is 3.35. The first-order chi connectivity index (χ1) is 17.8. The van der Waals surface area contributed by atoms with E-state index < -0.39 is 5.60 Å². The SMILES string of the molecule is CC(C)(C)OC(=O)NC1CCCN(c2cncc(-c3nn(C4CCCCO4)c4cnc(Br)cc34)c2)CC1. The number of hydrogen-bond donors (Lipinski definition) is 1. The van der Waals surface area contributed by atoms with Crippen molar-refractivity contribution in [2.24, 2.45) is 0 Å². The lowest BCUT2D eigenvalue weighted by Crippen LogP contribution is -2.39. The second-order valence-electron chi connectivity index (χ2n) is 10.8. The first kappa shape index (κ1) is 25.9. The van der Waals surface area contributed by atoms with Crippen LogP contribution in [0.15, 0.2) is 35.3 Å². The standard InChI is InChI=1S/C27H35BrN6O3/c1-27(2,3)37-26(35)31-19-7-6-10-33(11-9-19)20-13-18(15-29-16-20)25-21-14-23(28)30-17-22(21)34(32-25)24-8-4-5-12-36-24/h13-17,19,24H,4-12H2,1-3H3,(H,31,35). The minimum Gasteiger partial charge on any atom is -0.444 e. The minimum atomic E-state index is -0.501. The molecule has 2 atom stereocenters. The maximum absolute atomic E-state index is 12.3. The van der Waals surface area contributed by atoms with E-state index in [9.17, 15) is 4.79 Å². The molecule has 3 aromatic rings. The van der Waals surface area contributed by atoms with Gasteiger partial charge in [-0.3, -0.25) is 4.98 Å². The molecule has 0 bridgehead atoms. The molecule has 2 aliphatic heterocycles. The quantitative estimate of drug-likeness (QED) is 0.394. The zero-order valence-corrected chi connectivity index (χ0v) is 23.3. The zero-order valence-electron chi connectivity index (χ0n) is 21.7. The van der Waals surface area contributed by atoms with E-state index in [0.717, 1.165) is 90.7 Å². The van der Waals surface area contributed by atoms with Crippen molar-refractivity contribution in [2.75, 3.05) is 24.6 Å². The van der Waals surface area contributed by atoms with Gasteiger partial charge in [-0.05, 0) is 87.4 Å². The summed E-state index contributed by atoms with van der Waals surface area (Å²) < 4.78 is 14.2. The molecular formula is C27H35BrN6O3. The molecule has 2 aliphatic rings. The van der Waals surface area contributed by atoms with E-state index in [4.69, 9.17) is 14.6 Å². The topological polar surface area (TPSA) is 94.4 Å². The van der Waals surface area contributed by atoms with Crippen LogP contribution in [0.2, 0.25) is 0 Å². The monoisotopic (exact) mass is 570 g/mol. The molecule has 5 rings (SSSR count). The third kappa shape index (κ3) is 6.23. The number of rotatable bonds is 4. The Labute approximate surface area is 226 Å². The fourth-order valence-electron chi connectivity index (χ4n) is 5.06. The Kier molecular flexibility index (Phi) is 7.67.